The van der Waals surface area contributed by atoms with E-state index >= 15 is 0 Å². The van der Waals surface area contributed by atoms with Crippen LogP contribution in [0.3, 0.4) is 0 Å². The molecule has 4 aromatic carbocycles. The highest BCUT2D eigenvalue weighted by molar-refractivity contribution is 6.30. The predicted octanol–water partition coefficient (Wildman–Crippen LogP) is 7.02. The molecular formula is C28H20ClN3O2. The first-order chi connectivity index (χ1) is 16.6. The molecule has 166 valence electrons. The van der Waals surface area contributed by atoms with E-state index in [0.717, 1.165) is 38.7 Å². The largest absolute Gasteiger partial charge is 0.497 e. The fraction of sp³-hybridized carbons (Fsp3) is 0.0714. The average Bonchev–Trinajstić information content (AvgIpc) is 3.30. The molecule has 1 N–H and O–H groups in total. The zero-order valence-corrected chi connectivity index (χ0v) is 19.1. The maximum atomic E-state index is 10.0. The summed E-state index contributed by atoms with van der Waals surface area (Å²) >= 11 is 6.00. The third-order valence-electron chi connectivity index (χ3n) is 5.59. The van der Waals surface area contributed by atoms with E-state index in [9.17, 15) is 5.26 Å². The van der Waals surface area contributed by atoms with Crippen LogP contribution in [0.15, 0.2) is 78.9 Å². The van der Waals surface area contributed by atoms with E-state index in [1.807, 2.05) is 84.9 Å². The molecule has 0 atom stereocenters. The summed E-state index contributed by atoms with van der Waals surface area (Å²) < 4.78 is 11.5. The van der Waals surface area contributed by atoms with E-state index < -0.39 is 0 Å². The molecule has 0 bridgehead atoms. The van der Waals surface area contributed by atoms with Gasteiger partial charge in [0.2, 0.25) is 0 Å². The van der Waals surface area contributed by atoms with E-state index in [-0.39, 0.29) is 0 Å². The maximum absolute atomic E-state index is 10.0. The van der Waals surface area contributed by atoms with Crippen molar-refractivity contribution < 1.29 is 9.47 Å². The van der Waals surface area contributed by atoms with Crippen molar-refractivity contribution >= 4 is 45.1 Å². The highest BCUT2D eigenvalue weighted by Crippen LogP contribution is 2.33. The Balaban J connectivity index is 1.58. The Kier molecular flexibility index (Phi) is 5.90. The van der Waals surface area contributed by atoms with Crippen molar-refractivity contribution in [2.45, 2.75) is 6.61 Å². The zero-order chi connectivity index (χ0) is 23.5. The smallest absolute Gasteiger partial charge is 0.149 e. The first-order valence-corrected chi connectivity index (χ1v) is 11.1. The van der Waals surface area contributed by atoms with Crippen LogP contribution >= 0.6 is 11.6 Å². The van der Waals surface area contributed by atoms with Crippen molar-refractivity contribution in [2.75, 3.05) is 7.11 Å². The molecule has 1 heterocycles. The minimum absolute atomic E-state index is 0.378. The van der Waals surface area contributed by atoms with E-state index in [1.54, 1.807) is 7.11 Å². The molecular weight excluding hydrogens is 446 g/mol. The summed E-state index contributed by atoms with van der Waals surface area (Å²) in [5, 5.41) is 12.7. The molecule has 0 saturated carbocycles. The Bertz CT molecular complexity index is 1560. The monoisotopic (exact) mass is 465 g/mol. The number of nitrogens with one attached hydrogen (secondary N) is 1. The van der Waals surface area contributed by atoms with E-state index in [4.69, 9.17) is 21.1 Å². The number of halogens is 1. The number of aromatic nitrogens is 2. The van der Waals surface area contributed by atoms with Gasteiger partial charge in [0.05, 0.1) is 23.7 Å². The fourth-order valence-corrected chi connectivity index (χ4v) is 3.96. The molecule has 1 aromatic heterocycles. The molecule has 34 heavy (non-hydrogen) atoms. The van der Waals surface area contributed by atoms with Gasteiger partial charge in [-0.2, -0.15) is 5.26 Å². The summed E-state index contributed by atoms with van der Waals surface area (Å²) in [6.07, 6.45) is 1.83. The second-order valence-electron chi connectivity index (χ2n) is 7.75. The van der Waals surface area contributed by atoms with Gasteiger partial charge < -0.3 is 14.5 Å². The molecule has 0 fully saturated rings. The summed E-state index contributed by atoms with van der Waals surface area (Å²) in [6.45, 7) is 0.378. The van der Waals surface area contributed by atoms with Crippen LogP contribution in [-0.2, 0) is 6.61 Å². The van der Waals surface area contributed by atoms with Gasteiger partial charge in [-0.05, 0) is 52.7 Å². The molecule has 6 heteroatoms. The average molecular weight is 466 g/mol. The topological polar surface area (TPSA) is 70.9 Å². The van der Waals surface area contributed by atoms with E-state index in [1.165, 1.54) is 0 Å². The molecule has 0 saturated heterocycles. The lowest BCUT2D eigenvalue weighted by molar-refractivity contribution is 0.306. The van der Waals surface area contributed by atoms with E-state index in [2.05, 4.69) is 16.0 Å². The van der Waals surface area contributed by atoms with Crippen molar-refractivity contribution in [1.82, 2.24) is 9.97 Å². The van der Waals surface area contributed by atoms with Gasteiger partial charge in [0.25, 0.3) is 0 Å². The molecule has 0 aliphatic heterocycles. The van der Waals surface area contributed by atoms with Crippen molar-refractivity contribution in [3.8, 4) is 17.6 Å². The second-order valence-corrected chi connectivity index (χ2v) is 8.19. The highest BCUT2D eigenvalue weighted by Gasteiger charge is 2.13. The van der Waals surface area contributed by atoms with Gasteiger partial charge in [0.15, 0.2) is 0 Å². The predicted molar refractivity (Wildman–Crippen MR) is 136 cm³/mol. The number of hydrogen-bond donors (Lipinski definition) is 1. The lowest BCUT2D eigenvalue weighted by Crippen LogP contribution is -1.98. The van der Waals surface area contributed by atoms with Crippen LogP contribution in [0.4, 0.5) is 0 Å². The first kappa shape index (κ1) is 21.6. The molecule has 5 rings (SSSR count). The fourth-order valence-electron chi connectivity index (χ4n) is 3.83. The minimum atomic E-state index is 0.378. The third-order valence-corrected chi connectivity index (χ3v) is 5.84. The Morgan fingerprint density at radius 1 is 1.06 bits per heavy atom. The van der Waals surface area contributed by atoms with Crippen LogP contribution < -0.4 is 9.47 Å². The molecule has 0 radical (unpaired) electrons. The van der Waals surface area contributed by atoms with Gasteiger partial charge in [-0.1, -0.05) is 54.1 Å². The SMILES string of the molecule is COc1ccc2nc(/C(C#N)=C\c3c(OCc4ccc(Cl)cc4)ccc4ccccc34)[nH]c2c1. The normalized spacial score (nSPS) is 11.5. The minimum Gasteiger partial charge on any atom is -0.497 e. The summed E-state index contributed by atoms with van der Waals surface area (Å²) in [5.41, 5.74) is 3.78. The van der Waals surface area contributed by atoms with Gasteiger partial charge in [0, 0.05) is 16.7 Å². The first-order valence-electron chi connectivity index (χ1n) is 10.7. The van der Waals surface area contributed by atoms with Crippen LogP contribution in [0.2, 0.25) is 5.02 Å². The number of ether oxygens (including phenoxy) is 2. The number of allylic oxidation sites excluding steroid dienone is 1. The maximum Gasteiger partial charge on any atom is 0.149 e. The molecule has 5 nitrogen and oxygen atoms in total. The number of benzene rings is 4. The number of H-pyrrole nitrogens is 1. The Hall–Kier alpha value is -4.27. The number of aromatic amines is 1. The Labute approximate surface area is 201 Å². The summed E-state index contributed by atoms with van der Waals surface area (Å²) in [5.74, 6) is 1.89. The lowest BCUT2D eigenvalue weighted by Gasteiger charge is -2.13. The van der Waals surface area contributed by atoms with Gasteiger partial charge in [0.1, 0.15) is 30.0 Å². The standard InChI is InChI=1S/C28H20ClN3O2/c1-33-22-11-12-25-26(15-22)32-28(31-25)20(16-30)14-24-23-5-3-2-4-19(23)8-13-27(24)34-17-18-6-9-21(29)10-7-18/h2-15H,17H2,1H3,(H,31,32)/b20-14-. The molecule has 0 unspecified atom stereocenters. The highest BCUT2D eigenvalue weighted by atomic mass is 35.5. The van der Waals surface area contributed by atoms with Crippen LogP contribution in [0.1, 0.15) is 17.0 Å². The number of rotatable bonds is 6. The number of methoxy groups -OCH3 is 1. The Morgan fingerprint density at radius 2 is 1.88 bits per heavy atom. The van der Waals surface area contributed by atoms with Crippen LogP contribution in [0, 0.1) is 11.3 Å². The molecule has 5 aromatic rings. The lowest BCUT2D eigenvalue weighted by atomic mass is 10.0. The van der Waals surface area contributed by atoms with Crippen molar-refractivity contribution in [3.05, 3.63) is 101 Å². The third kappa shape index (κ3) is 4.32. The van der Waals surface area contributed by atoms with Gasteiger partial charge >= 0.3 is 0 Å². The van der Waals surface area contributed by atoms with E-state index in [0.29, 0.717) is 28.8 Å². The van der Waals surface area contributed by atoms with Crippen LogP contribution in [-0.4, -0.2) is 17.1 Å². The molecule has 0 aliphatic carbocycles. The number of nitrogens with zero attached hydrogens (tertiary/aromatic N) is 2. The van der Waals surface area contributed by atoms with Gasteiger partial charge in [-0.15, -0.1) is 0 Å². The van der Waals surface area contributed by atoms with Gasteiger partial charge in [-0.3, -0.25) is 0 Å². The molecule has 0 amide bonds. The number of hydrogen-bond acceptors (Lipinski definition) is 4. The second kappa shape index (κ2) is 9.30. The number of imidazole rings is 1. The number of fused-ring (bicyclic) bond motifs is 2. The summed E-state index contributed by atoms with van der Waals surface area (Å²) in [7, 11) is 1.62. The van der Waals surface area contributed by atoms with Crippen LogP contribution in [0.5, 0.6) is 11.5 Å². The van der Waals surface area contributed by atoms with Gasteiger partial charge in [-0.25, -0.2) is 4.98 Å². The Morgan fingerprint density at radius 3 is 2.68 bits per heavy atom. The zero-order valence-electron chi connectivity index (χ0n) is 18.4. The summed E-state index contributed by atoms with van der Waals surface area (Å²) in [6, 6.07) is 27.4. The number of nitriles is 1. The van der Waals surface area contributed by atoms with Crippen molar-refractivity contribution in [2.24, 2.45) is 0 Å². The summed E-state index contributed by atoms with van der Waals surface area (Å²) in [4.78, 5) is 7.85. The van der Waals surface area contributed by atoms with Crippen molar-refractivity contribution in [3.63, 3.8) is 0 Å². The molecule has 0 spiro atoms. The van der Waals surface area contributed by atoms with Crippen LogP contribution in [0.25, 0.3) is 33.5 Å². The quantitative estimate of drug-likeness (QED) is 0.273. The van der Waals surface area contributed by atoms with Crippen molar-refractivity contribution in [1.29, 1.82) is 5.26 Å². The molecule has 0 aliphatic rings.